The molecule has 0 bridgehead atoms. The summed E-state index contributed by atoms with van der Waals surface area (Å²) in [5.74, 6) is 0.802. The molecule has 0 atom stereocenters. The van der Waals surface area contributed by atoms with Crippen molar-refractivity contribution in [3.8, 4) is 0 Å². The molecule has 4 nitrogen and oxygen atoms in total. The summed E-state index contributed by atoms with van der Waals surface area (Å²) in [6.45, 7) is 1.90. The molecule has 0 aliphatic carbocycles. The Balaban J connectivity index is 2.31. The van der Waals surface area contributed by atoms with Crippen molar-refractivity contribution in [3.05, 3.63) is 42.1 Å². The predicted molar refractivity (Wildman–Crippen MR) is 77.4 cm³/mol. The number of rotatable bonds is 3. The SMILES string of the molecule is Cc1nc(Nc2ccccc2N(C)C)ccc1N. The first-order chi connectivity index (χ1) is 8.58. The smallest absolute Gasteiger partial charge is 0.130 e. The van der Waals surface area contributed by atoms with Crippen molar-refractivity contribution in [1.29, 1.82) is 0 Å². The standard InChI is InChI=1S/C14H18N4/c1-10-11(15)8-9-14(16-10)17-12-6-4-5-7-13(12)18(2)3/h4-9H,15H2,1-3H3,(H,16,17). The van der Waals surface area contributed by atoms with E-state index in [0.29, 0.717) is 5.69 Å². The molecule has 3 N–H and O–H groups in total. The fourth-order valence-electron chi connectivity index (χ4n) is 1.75. The van der Waals surface area contributed by atoms with Gasteiger partial charge in [-0.15, -0.1) is 0 Å². The van der Waals surface area contributed by atoms with Gasteiger partial charge in [0.25, 0.3) is 0 Å². The zero-order chi connectivity index (χ0) is 13.1. The van der Waals surface area contributed by atoms with E-state index in [9.17, 15) is 0 Å². The Morgan fingerprint density at radius 3 is 2.50 bits per heavy atom. The summed E-state index contributed by atoms with van der Waals surface area (Å²) in [6.07, 6.45) is 0. The normalized spacial score (nSPS) is 10.2. The molecule has 0 unspecified atom stereocenters. The van der Waals surface area contributed by atoms with Crippen molar-refractivity contribution >= 4 is 22.9 Å². The van der Waals surface area contributed by atoms with Crippen LogP contribution in [0.5, 0.6) is 0 Å². The number of benzene rings is 1. The van der Waals surface area contributed by atoms with Gasteiger partial charge in [0.05, 0.1) is 22.8 Å². The molecule has 0 spiro atoms. The van der Waals surface area contributed by atoms with Gasteiger partial charge in [-0.1, -0.05) is 12.1 Å². The Kier molecular flexibility index (Phi) is 3.37. The third-order valence-electron chi connectivity index (χ3n) is 2.78. The van der Waals surface area contributed by atoms with E-state index in [1.54, 1.807) is 0 Å². The van der Waals surface area contributed by atoms with Gasteiger partial charge in [0, 0.05) is 14.1 Å². The Morgan fingerprint density at radius 1 is 1.11 bits per heavy atom. The zero-order valence-corrected chi connectivity index (χ0v) is 10.9. The number of nitrogens with two attached hydrogens (primary N) is 1. The summed E-state index contributed by atoms with van der Waals surface area (Å²) < 4.78 is 0. The van der Waals surface area contributed by atoms with E-state index >= 15 is 0 Å². The maximum absolute atomic E-state index is 5.76. The van der Waals surface area contributed by atoms with Gasteiger partial charge in [-0.2, -0.15) is 0 Å². The van der Waals surface area contributed by atoms with Gasteiger partial charge in [-0.25, -0.2) is 4.98 Å². The Labute approximate surface area is 107 Å². The quantitative estimate of drug-likeness (QED) is 0.869. The zero-order valence-electron chi connectivity index (χ0n) is 10.9. The van der Waals surface area contributed by atoms with Crippen LogP contribution in [0.1, 0.15) is 5.69 Å². The molecule has 0 aliphatic rings. The molecule has 0 radical (unpaired) electrons. The molecule has 0 saturated carbocycles. The van der Waals surface area contributed by atoms with E-state index < -0.39 is 0 Å². The van der Waals surface area contributed by atoms with Crippen LogP contribution in [0.15, 0.2) is 36.4 Å². The van der Waals surface area contributed by atoms with E-state index in [1.165, 1.54) is 0 Å². The van der Waals surface area contributed by atoms with Crippen LogP contribution < -0.4 is 16.0 Å². The lowest BCUT2D eigenvalue weighted by molar-refractivity contribution is 1.13. The summed E-state index contributed by atoms with van der Waals surface area (Å²) >= 11 is 0. The highest BCUT2D eigenvalue weighted by Crippen LogP contribution is 2.26. The highest BCUT2D eigenvalue weighted by atomic mass is 15.1. The fourth-order valence-corrected chi connectivity index (χ4v) is 1.75. The van der Waals surface area contributed by atoms with Crippen LogP contribution >= 0.6 is 0 Å². The van der Waals surface area contributed by atoms with Crippen LogP contribution in [0.3, 0.4) is 0 Å². The molecule has 94 valence electrons. The van der Waals surface area contributed by atoms with Gasteiger partial charge >= 0.3 is 0 Å². The number of anilines is 4. The lowest BCUT2D eigenvalue weighted by Gasteiger charge is -2.18. The summed E-state index contributed by atoms with van der Waals surface area (Å²) in [6, 6.07) is 11.9. The monoisotopic (exact) mass is 242 g/mol. The molecule has 18 heavy (non-hydrogen) atoms. The fraction of sp³-hybridized carbons (Fsp3) is 0.214. The Hall–Kier alpha value is -2.23. The topological polar surface area (TPSA) is 54.2 Å². The average molecular weight is 242 g/mol. The van der Waals surface area contributed by atoms with E-state index in [-0.39, 0.29) is 0 Å². The number of para-hydroxylation sites is 2. The summed E-state index contributed by atoms with van der Waals surface area (Å²) in [4.78, 5) is 6.48. The van der Waals surface area contributed by atoms with Gasteiger partial charge < -0.3 is 16.0 Å². The molecule has 2 aromatic rings. The first kappa shape index (κ1) is 12.2. The molecule has 1 heterocycles. The van der Waals surface area contributed by atoms with Crippen molar-refractivity contribution in [3.63, 3.8) is 0 Å². The second-order valence-electron chi connectivity index (χ2n) is 4.41. The summed E-state index contributed by atoms with van der Waals surface area (Å²) in [5.41, 5.74) is 9.45. The van der Waals surface area contributed by atoms with E-state index in [4.69, 9.17) is 5.73 Å². The van der Waals surface area contributed by atoms with Gasteiger partial charge in [0.2, 0.25) is 0 Å². The average Bonchev–Trinajstić information content (AvgIpc) is 2.34. The molecule has 4 heteroatoms. The maximum Gasteiger partial charge on any atom is 0.130 e. The van der Waals surface area contributed by atoms with Crippen LogP contribution in [-0.2, 0) is 0 Å². The Bertz CT molecular complexity index is 549. The molecule has 0 aliphatic heterocycles. The highest BCUT2D eigenvalue weighted by Gasteiger charge is 2.05. The number of nitrogens with one attached hydrogen (secondary N) is 1. The summed E-state index contributed by atoms with van der Waals surface area (Å²) in [7, 11) is 4.03. The van der Waals surface area contributed by atoms with E-state index in [0.717, 1.165) is 22.9 Å². The molecular formula is C14H18N4. The van der Waals surface area contributed by atoms with Crippen molar-refractivity contribution in [1.82, 2.24) is 4.98 Å². The highest BCUT2D eigenvalue weighted by molar-refractivity contribution is 5.74. The Morgan fingerprint density at radius 2 is 1.83 bits per heavy atom. The number of aryl methyl sites for hydroxylation is 1. The molecule has 2 rings (SSSR count). The molecule has 1 aromatic heterocycles. The molecule has 0 saturated heterocycles. The molecule has 0 fully saturated rings. The number of hydrogen-bond donors (Lipinski definition) is 2. The maximum atomic E-state index is 5.76. The lowest BCUT2D eigenvalue weighted by atomic mass is 10.2. The van der Waals surface area contributed by atoms with Gasteiger partial charge in [-0.05, 0) is 31.2 Å². The van der Waals surface area contributed by atoms with Crippen LogP contribution in [0.2, 0.25) is 0 Å². The van der Waals surface area contributed by atoms with E-state index in [2.05, 4.69) is 21.3 Å². The van der Waals surface area contributed by atoms with Crippen LogP contribution in [-0.4, -0.2) is 19.1 Å². The minimum absolute atomic E-state index is 0.710. The summed E-state index contributed by atoms with van der Waals surface area (Å²) in [5, 5.41) is 3.31. The number of nitrogen functional groups attached to an aromatic ring is 1. The first-order valence-electron chi connectivity index (χ1n) is 5.84. The molecular weight excluding hydrogens is 224 g/mol. The van der Waals surface area contributed by atoms with Crippen molar-refractivity contribution in [2.24, 2.45) is 0 Å². The number of nitrogens with zero attached hydrogens (tertiary/aromatic N) is 2. The van der Waals surface area contributed by atoms with Gasteiger partial charge in [0.15, 0.2) is 0 Å². The van der Waals surface area contributed by atoms with Crippen molar-refractivity contribution in [2.45, 2.75) is 6.92 Å². The third-order valence-corrected chi connectivity index (χ3v) is 2.78. The number of aromatic nitrogens is 1. The van der Waals surface area contributed by atoms with Crippen LogP contribution in [0, 0.1) is 6.92 Å². The second-order valence-corrected chi connectivity index (χ2v) is 4.41. The van der Waals surface area contributed by atoms with Crippen LogP contribution in [0.4, 0.5) is 22.9 Å². The number of hydrogen-bond acceptors (Lipinski definition) is 4. The minimum atomic E-state index is 0.710. The third kappa shape index (κ3) is 2.53. The molecule has 1 aromatic carbocycles. The predicted octanol–water partition coefficient (Wildman–Crippen LogP) is 2.78. The first-order valence-corrected chi connectivity index (χ1v) is 5.84. The minimum Gasteiger partial charge on any atom is -0.397 e. The van der Waals surface area contributed by atoms with Gasteiger partial charge in [-0.3, -0.25) is 0 Å². The van der Waals surface area contributed by atoms with Crippen molar-refractivity contribution < 1.29 is 0 Å². The van der Waals surface area contributed by atoms with Gasteiger partial charge in [0.1, 0.15) is 5.82 Å². The van der Waals surface area contributed by atoms with Crippen molar-refractivity contribution in [2.75, 3.05) is 30.0 Å². The van der Waals surface area contributed by atoms with E-state index in [1.807, 2.05) is 51.4 Å². The van der Waals surface area contributed by atoms with Crippen LogP contribution in [0.25, 0.3) is 0 Å². The molecule has 0 amide bonds. The number of pyridine rings is 1. The second kappa shape index (κ2) is 4.96. The largest absolute Gasteiger partial charge is 0.397 e. The lowest BCUT2D eigenvalue weighted by Crippen LogP contribution is -2.11.